The lowest BCUT2D eigenvalue weighted by atomic mass is 10.1. The molecule has 0 spiro atoms. The number of hydrogen-bond donors (Lipinski definition) is 2. The number of hydrogen-bond acceptors (Lipinski definition) is 6. The summed E-state index contributed by atoms with van der Waals surface area (Å²) in [7, 11) is -3.08. The molecular formula is C11H16N4O2S3. The number of aromatic nitrogens is 2. The average molecular weight is 332 g/mol. The van der Waals surface area contributed by atoms with Crippen molar-refractivity contribution in [2.75, 3.05) is 11.1 Å². The lowest BCUT2D eigenvalue weighted by Gasteiger charge is -2.12. The van der Waals surface area contributed by atoms with Crippen LogP contribution in [0, 0.1) is 5.92 Å². The summed E-state index contributed by atoms with van der Waals surface area (Å²) in [5.74, 6) is 0.554. The minimum atomic E-state index is -3.08. The summed E-state index contributed by atoms with van der Waals surface area (Å²) in [6, 6.07) is -0.289. The molecule has 2 rings (SSSR count). The van der Waals surface area contributed by atoms with Gasteiger partial charge in [0.25, 0.3) is 0 Å². The molecule has 0 fully saturated rings. The van der Waals surface area contributed by atoms with E-state index in [4.69, 9.17) is 12.2 Å². The number of anilines is 1. The van der Waals surface area contributed by atoms with Gasteiger partial charge in [0, 0.05) is 11.8 Å². The van der Waals surface area contributed by atoms with E-state index in [1.165, 1.54) is 16.7 Å². The highest BCUT2D eigenvalue weighted by Crippen LogP contribution is 2.18. The quantitative estimate of drug-likeness (QED) is 0.805. The summed E-state index contributed by atoms with van der Waals surface area (Å²) in [6.45, 7) is 4.24. The van der Waals surface area contributed by atoms with E-state index in [9.17, 15) is 8.42 Å². The summed E-state index contributed by atoms with van der Waals surface area (Å²) in [4.78, 5) is 0. The minimum Gasteiger partial charge on any atom is -0.355 e. The molecule has 1 aromatic rings. The number of thiocarbonyl (C=S) groups is 1. The molecule has 0 saturated carbocycles. The maximum atomic E-state index is 11.3. The fraction of sp³-hybridized carbons (Fsp3) is 0.545. The molecule has 0 aliphatic carbocycles. The first-order valence-electron chi connectivity index (χ1n) is 6.15. The summed E-state index contributed by atoms with van der Waals surface area (Å²) >= 11 is 6.58. The van der Waals surface area contributed by atoms with E-state index in [2.05, 4.69) is 34.7 Å². The van der Waals surface area contributed by atoms with Gasteiger partial charge in [0.1, 0.15) is 5.01 Å². The predicted octanol–water partition coefficient (Wildman–Crippen LogP) is 1.33. The number of rotatable bonds is 4. The van der Waals surface area contributed by atoms with Crippen molar-refractivity contribution in [3.05, 3.63) is 16.5 Å². The Morgan fingerprint density at radius 2 is 2.30 bits per heavy atom. The first-order chi connectivity index (χ1) is 9.34. The molecule has 0 bridgehead atoms. The molecule has 110 valence electrons. The van der Waals surface area contributed by atoms with E-state index < -0.39 is 9.84 Å². The zero-order valence-electron chi connectivity index (χ0n) is 11.2. The van der Waals surface area contributed by atoms with Crippen molar-refractivity contribution in [2.45, 2.75) is 26.3 Å². The van der Waals surface area contributed by atoms with Crippen LogP contribution in [-0.4, -0.2) is 35.5 Å². The van der Waals surface area contributed by atoms with Crippen LogP contribution in [0.4, 0.5) is 5.13 Å². The number of nitrogens with zero attached hydrogens (tertiary/aromatic N) is 2. The SMILES string of the molecule is CC(C)Cc1nnc(NC(=S)N[C@H]2C=CS(=O)(=O)C2)s1. The second kappa shape index (κ2) is 6.15. The Kier molecular flexibility index (Phi) is 4.71. The standard InChI is InChI=1S/C11H16N4O2S3/c1-7(2)5-9-14-15-11(19-9)13-10(18)12-8-3-4-20(16,17)6-8/h3-4,7-8H,5-6H2,1-2H3,(H2,12,13,15,18)/t8-/m0/s1. The molecule has 20 heavy (non-hydrogen) atoms. The summed E-state index contributed by atoms with van der Waals surface area (Å²) in [5, 5.41) is 17.1. The van der Waals surface area contributed by atoms with E-state index in [0.29, 0.717) is 16.2 Å². The van der Waals surface area contributed by atoms with Crippen molar-refractivity contribution < 1.29 is 8.42 Å². The molecule has 2 heterocycles. The van der Waals surface area contributed by atoms with Crippen molar-refractivity contribution in [2.24, 2.45) is 5.92 Å². The lowest BCUT2D eigenvalue weighted by molar-refractivity contribution is 0.603. The Balaban J connectivity index is 1.86. The summed E-state index contributed by atoms with van der Waals surface area (Å²) < 4.78 is 22.6. The largest absolute Gasteiger partial charge is 0.355 e. The third-order valence-corrected chi connectivity index (χ3v) is 4.99. The molecule has 0 saturated heterocycles. The van der Waals surface area contributed by atoms with E-state index >= 15 is 0 Å². The molecule has 0 unspecified atom stereocenters. The van der Waals surface area contributed by atoms with Crippen LogP contribution in [0.2, 0.25) is 0 Å². The third-order valence-electron chi connectivity index (χ3n) is 2.52. The molecule has 2 N–H and O–H groups in total. The first kappa shape index (κ1) is 15.3. The Labute approximate surface area is 127 Å². The van der Waals surface area contributed by atoms with E-state index in [1.807, 2.05) is 0 Å². The minimum absolute atomic E-state index is 0.0313. The van der Waals surface area contributed by atoms with Gasteiger partial charge in [-0.05, 0) is 24.2 Å². The topological polar surface area (TPSA) is 84.0 Å². The molecule has 0 aromatic carbocycles. The van der Waals surface area contributed by atoms with Gasteiger partial charge < -0.3 is 10.6 Å². The molecule has 1 aromatic heterocycles. The van der Waals surface area contributed by atoms with Crippen LogP contribution in [0.15, 0.2) is 11.5 Å². The highest BCUT2D eigenvalue weighted by molar-refractivity contribution is 7.94. The maximum Gasteiger partial charge on any atom is 0.211 e. The van der Waals surface area contributed by atoms with Gasteiger partial charge >= 0.3 is 0 Å². The Bertz CT molecular complexity index is 621. The zero-order chi connectivity index (χ0) is 14.8. The van der Waals surface area contributed by atoms with Crippen molar-refractivity contribution in [1.29, 1.82) is 0 Å². The van der Waals surface area contributed by atoms with Crippen LogP contribution in [-0.2, 0) is 16.3 Å². The first-order valence-corrected chi connectivity index (χ1v) is 9.09. The highest BCUT2D eigenvalue weighted by atomic mass is 32.2. The van der Waals surface area contributed by atoms with Gasteiger partial charge in [-0.1, -0.05) is 25.2 Å². The van der Waals surface area contributed by atoms with Crippen LogP contribution in [0.5, 0.6) is 0 Å². The fourth-order valence-corrected chi connectivity index (χ4v) is 4.21. The van der Waals surface area contributed by atoms with Crippen LogP contribution in [0.1, 0.15) is 18.9 Å². The van der Waals surface area contributed by atoms with Gasteiger partial charge in [0.05, 0.1) is 11.8 Å². The molecule has 6 nitrogen and oxygen atoms in total. The Morgan fingerprint density at radius 1 is 1.55 bits per heavy atom. The van der Waals surface area contributed by atoms with Crippen molar-refractivity contribution in [3.8, 4) is 0 Å². The van der Waals surface area contributed by atoms with Crippen LogP contribution in [0.25, 0.3) is 0 Å². The zero-order valence-corrected chi connectivity index (χ0v) is 13.6. The number of sulfone groups is 1. The van der Waals surface area contributed by atoms with Crippen molar-refractivity contribution in [3.63, 3.8) is 0 Å². The highest BCUT2D eigenvalue weighted by Gasteiger charge is 2.22. The molecule has 9 heteroatoms. The fourth-order valence-electron chi connectivity index (χ4n) is 1.70. The van der Waals surface area contributed by atoms with Gasteiger partial charge in [-0.3, -0.25) is 0 Å². The van der Waals surface area contributed by atoms with Gasteiger partial charge in [-0.2, -0.15) is 0 Å². The number of nitrogens with one attached hydrogen (secondary N) is 2. The molecule has 0 amide bonds. The maximum absolute atomic E-state index is 11.3. The average Bonchev–Trinajstić information content (AvgIpc) is 2.85. The second-order valence-electron chi connectivity index (χ2n) is 4.96. The van der Waals surface area contributed by atoms with E-state index in [0.717, 1.165) is 11.4 Å². The van der Waals surface area contributed by atoms with Gasteiger partial charge in [-0.15, -0.1) is 10.2 Å². The summed E-state index contributed by atoms with van der Waals surface area (Å²) in [6.07, 6.45) is 2.47. The molecular weight excluding hydrogens is 316 g/mol. The second-order valence-corrected chi connectivity index (χ2v) is 8.36. The lowest BCUT2D eigenvalue weighted by Crippen LogP contribution is -2.38. The van der Waals surface area contributed by atoms with Gasteiger partial charge in [-0.25, -0.2) is 8.42 Å². The van der Waals surface area contributed by atoms with Crippen LogP contribution >= 0.6 is 23.6 Å². The molecule has 1 aliphatic heterocycles. The third kappa shape index (κ3) is 4.50. The Morgan fingerprint density at radius 3 is 2.90 bits per heavy atom. The summed E-state index contributed by atoms with van der Waals surface area (Å²) in [5.41, 5.74) is 0. The van der Waals surface area contributed by atoms with Crippen LogP contribution in [0.3, 0.4) is 0 Å². The predicted molar refractivity (Wildman–Crippen MR) is 84.5 cm³/mol. The normalized spacial score (nSPS) is 20.2. The van der Waals surface area contributed by atoms with Crippen molar-refractivity contribution in [1.82, 2.24) is 15.5 Å². The van der Waals surface area contributed by atoms with Gasteiger partial charge in [0.15, 0.2) is 14.9 Å². The van der Waals surface area contributed by atoms with E-state index in [1.54, 1.807) is 6.08 Å². The monoisotopic (exact) mass is 332 g/mol. The molecule has 1 atom stereocenters. The van der Waals surface area contributed by atoms with E-state index in [-0.39, 0.29) is 11.8 Å². The van der Waals surface area contributed by atoms with Crippen LogP contribution < -0.4 is 10.6 Å². The smallest absolute Gasteiger partial charge is 0.211 e. The van der Waals surface area contributed by atoms with Gasteiger partial charge in [0.2, 0.25) is 5.13 Å². The Hall–Kier alpha value is -1.06. The molecule has 0 radical (unpaired) electrons. The molecule has 1 aliphatic rings. The van der Waals surface area contributed by atoms with Crippen molar-refractivity contribution >= 4 is 43.6 Å².